The van der Waals surface area contributed by atoms with E-state index < -0.39 is 28.6 Å². The van der Waals surface area contributed by atoms with E-state index in [2.05, 4.69) is 10.1 Å². The second-order valence-electron chi connectivity index (χ2n) is 8.00. The van der Waals surface area contributed by atoms with E-state index in [4.69, 9.17) is 39.5 Å². The molecule has 200 valence electrons. The second-order valence-corrected chi connectivity index (χ2v) is 10.3. The van der Waals surface area contributed by atoms with Crippen molar-refractivity contribution in [2.24, 2.45) is 0 Å². The summed E-state index contributed by atoms with van der Waals surface area (Å²) in [6.45, 7) is 0.157. The van der Waals surface area contributed by atoms with Crippen molar-refractivity contribution in [1.29, 1.82) is 0 Å². The molecule has 2 heterocycles. The molecule has 1 aromatic heterocycles. The maximum Gasteiger partial charge on any atom is 0.411 e. The number of alkyl halides is 3. The van der Waals surface area contributed by atoms with Crippen LogP contribution in [-0.2, 0) is 23.2 Å². The van der Waals surface area contributed by atoms with E-state index in [1.54, 1.807) is 18.2 Å². The highest BCUT2D eigenvalue weighted by Crippen LogP contribution is 2.42. The Balaban J connectivity index is 1.74. The van der Waals surface area contributed by atoms with Crippen molar-refractivity contribution in [3.05, 3.63) is 79.2 Å². The molecule has 2 aromatic carbocycles. The smallest absolute Gasteiger partial charge is 0.411 e. The summed E-state index contributed by atoms with van der Waals surface area (Å²) in [4.78, 5) is 41.8. The Kier molecular flexibility index (Phi) is 8.12. The van der Waals surface area contributed by atoms with E-state index in [1.165, 1.54) is 31.3 Å². The molecule has 0 unspecified atom stereocenters. The lowest BCUT2D eigenvalue weighted by Crippen LogP contribution is -2.32. The van der Waals surface area contributed by atoms with Crippen molar-refractivity contribution < 1.29 is 27.8 Å². The fourth-order valence-electron chi connectivity index (χ4n) is 3.82. The number of carbonyl (C=O) groups excluding carboxylic acids is 2. The predicted molar refractivity (Wildman–Crippen MR) is 140 cm³/mol. The van der Waals surface area contributed by atoms with E-state index in [9.17, 15) is 23.2 Å². The molecule has 1 aliphatic heterocycles. The third-order valence-electron chi connectivity index (χ3n) is 5.60. The molecule has 4 rings (SSSR count). The van der Waals surface area contributed by atoms with Gasteiger partial charge in [-0.15, -0.1) is 0 Å². The summed E-state index contributed by atoms with van der Waals surface area (Å²) >= 11 is 18.5. The van der Waals surface area contributed by atoms with E-state index in [0.717, 1.165) is 17.8 Å². The van der Waals surface area contributed by atoms with Crippen LogP contribution in [0.15, 0.2) is 51.0 Å². The molecule has 0 saturated heterocycles. The van der Waals surface area contributed by atoms with Gasteiger partial charge in [0.1, 0.15) is 17.0 Å². The Labute approximate surface area is 234 Å². The normalized spacial score (nSPS) is 12.8. The highest BCUT2D eigenvalue weighted by atomic mass is 35.5. The third-order valence-corrected chi connectivity index (χ3v) is 7.84. The van der Waals surface area contributed by atoms with E-state index in [-0.39, 0.29) is 38.5 Å². The molecule has 0 spiro atoms. The standard InChI is InChI=1S/C24H18Cl3F2N3O5S/c1-36-16-7-12-10-32(9-11(12)6-15(16)30-23(35)37-2)22(34)19-17(8-18(24(27,28)29)31-21(19)33)38-20-13(25)4-3-5-14(20)26/h3-8H,9-10H2,1-2H3,(H,30,35)(H,31,33). The number of fused-ring (bicyclic) bond motifs is 1. The van der Waals surface area contributed by atoms with Gasteiger partial charge in [-0.2, -0.15) is 8.78 Å². The number of H-pyrrole nitrogens is 1. The van der Waals surface area contributed by atoms with Gasteiger partial charge in [0.15, 0.2) is 0 Å². The fourth-order valence-corrected chi connectivity index (χ4v) is 5.56. The van der Waals surface area contributed by atoms with Crippen LogP contribution in [-0.4, -0.2) is 36.1 Å². The average Bonchev–Trinajstić information content (AvgIpc) is 3.27. The van der Waals surface area contributed by atoms with Crippen LogP contribution in [0, 0.1) is 0 Å². The molecule has 2 N–H and O–H groups in total. The summed E-state index contributed by atoms with van der Waals surface area (Å²) in [5, 5.41) is -0.961. The first kappa shape index (κ1) is 28.0. The maximum atomic E-state index is 13.9. The molecule has 2 amide bonds. The number of nitrogens with zero attached hydrogens (tertiary/aromatic N) is 1. The van der Waals surface area contributed by atoms with Gasteiger partial charge in [-0.3, -0.25) is 14.9 Å². The highest BCUT2D eigenvalue weighted by molar-refractivity contribution is 7.99. The number of anilines is 1. The second kappa shape index (κ2) is 11.0. The Morgan fingerprint density at radius 2 is 1.74 bits per heavy atom. The molecular weight excluding hydrogens is 587 g/mol. The Morgan fingerprint density at radius 1 is 1.11 bits per heavy atom. The number of benzene rings is 2. The van der Waals surface area contributed by atoms with E-state index in [1.807, 2.05) is 4.98 Å². The first-order valence-corrected chi connectivity index (χ1v) is 12.7. The first-order valence-electron chi connectivity index (χ1n) is 10.7. The minimum absolute atomic E-state index is 0.0673. The number of halogens is 5. The number of methoxy groups -OCH3 is 2. The van der Waals surface area contributed by atoms with Crippen molar-refractivity contribution in [2.45, 2.75) is 28.3 Å². The zero-order valence-corrected chi connectivity index (χ0v) is 22.7. The monoisotopic (exact) mass is 603 g/mol. The summed E-state index contributed by atoms with van der Waals surface area (Å²) < 4.78 is 37.8. The molecule has 38 heavy (non-hydrogen) atoms. The third kappa shape index (κ3) is 5.70. The van der Waals surface area contributed by atoms with E-state index in [0.29, 0.717) is 22.6 Å². The van der Waals surface area contributed by atoms with Gasteiger partial charge in [-0.25, -0.2) is 4.79 Å². The predicted octanol–water partition coefficient (Wildman–Crippen LogP) is 6.46. The van der Waals surface area contributed by atoms with Gasteiger partial charge in [0.25, 0.3) is 11.5 Å². The fraction of sp³-hybridized carbons (Fsp3) is 0.208. The topological polar surface area (TPSA) is 101 Å². The van der Waals surface area contributed by atoms with Crippen LogP contribution >= 0.6 is 46.6 Å². The Hall–Kier alpha value is -2.99. The van der Waals surface area contributed by atoms with Crippen molar-refractivity contribution in [2.75, 3.05) is 19.5 Å². The van der Waals surface area contributed by atoms with Gasteiger partial charge in [0, 0.05) is 22.9 Å². The number of ether oxygens (including phenoxy) is 2. The molecule has 3 aromatic rings. The van der Waals surface area contributed by atoms with Crippen molar-refractivity contribution in [1.82, 2.24) is 9.88 Å². The van der Waals surface area contributed by atoms with Crippen molar-refractivity contribution in [3.8, 4) is 5.75 Å². The zero-order valence-electron chi connectivity index (χ0n) is 19.7. The van der Waals surface area contributed by atoms with Gasteiger partial charge in [-0.1, -0.05) is 41.0 Å². The van der Waals surface area contributed by atoms with Gasteiger partial charge in [0.05, 0.1) is 30.0 Å². The molecule has 0 aliphatic carbocycles. The molecule has 14 heteroatoms. The van der Waals surface area contributed by atoms with Crippen LogP contribution in [0.4, 0.5) is 19.3 Å². The van der Waals surface area contributed by atoms with Crippen LogP contribution in [0.25, 0.3) is 0 Å². The first-order chi connectivity index (χ1) is 17.9. The summed E-state index contributed by atoms with van der Waals surface area (Å²) in [7, 11) is 2.63. The number of aromatic amines is 1. The number of pyridine rings is 1. The van der Waals surface area contributed by atoms with Crippen molar-refractivity contribution in [3.63, 3.8) is 0 Å². The number of nitrogens with one attached hydrogen (secondary N) is 2. The van der Waals surface area contributed by atoms with Gasteiger partial charge in [-0.05, 0) is 53.1 Å². The molecule has 8 nitrogen and oxygen atoms in total. The Morgan fingerprint density at radius 3 is 2.32 bits per heavy atom. The van der Waals surface area contributed by atoms with E-state index >= 15 is 0 Å². The zero-order chi connectivity index (χ0) is 27.8. The summed E-state index contributed by atoms with van der Waals surface area (Å²) in [5.41, 5.74) is -0.630. The SMILES string of the molecule is COC(=O)Nc1cc2c(cc1OC)CN(C(=O)c1c(Sc3c(Cl)cccc3Cl)cc(C(F)(F)Cl)[nH]c1=O)C2. The van der Waals surface area contributed by atoms with Gasteiger partial charge in [0.2, 0.25) is 0 Å². The number of rotatable bonds is 6. The van der Waals surface area contributed by atoms with Gasteiger partial charge >= 0.3 is 11.5 Å². The number of aromatic nitrogens is 1. The lowest BCUT2D eigenvalue weighted by atomic mass is 10.1. The van der Waals surface area contributed by atoms with Gasteiger partial charge < -0.3 is 19.4 Å². The molecule has 0 radical (unpaired) electrons. The summed E-state index contributed by atoms with van der Waals surface area (Å²) in [6, 6.07) is 8.86. The molecule has 1 aliphatic rings. The van der Waals surface area contributed by atoms with Crippen LogP contribution in [0.3, 0.4) is 0 Å². The quantitative estimate of drug-likeness (QED) is 0.313. The molecule has 0 bridgehead atoms. The molecule has 0 saturated carbocycles. The molecule has 0 atom stereocenters. The Bertz CT molecular complexity index is 1480. The van der Waals surface area contributed by atoms with Crippen LogP contribution < -0.4 is 15.6 Å². The van der Waals surface area contributed by atoms with Crippen LogP contribution in [0.1, 0.15) is 27.2 Å². The number of hydrogen-bond acceptors (Lipinski definition) is 6. The number of amides is 2. The average molecular weight is 605 g/mol. The summed E-state index contributed by atoms with van der Waals surface area (Å²) in [6.07, 6.45) is -0.711. The number of hydrogen-bond donors (Lipinski definition) is 2. The lowest BCUT2D eigenvalue weighted by molar-refractivity contribution is 0.0740. The minimum Gasteiger partial charge on any atom is -0.495 e. The highest BCUT2D eigenvalue weighted by Gasteiger charge is 2.34. The molecular formula is C24H18Cl3F2N3O5S. The van der Waals surface area contributed by atoms with Crippen LogP contribution in [0.2, 0.25) is 10.0 Å². The minimum atomic E-state index is -3.90. The maximum absolute atomic E-state index is 13.9. The number of carbonyl (C=O) groups is 2. The van der Waals surface area contributed by atoms with Crippen molar-refractivity contribution >= 4 is 64.3 Å². The van der Waals surface area contributed by atoms with Crippen LogP contribution in [0.5, 0.6) is 5.75 Å². The largest absolute Gasteiger partial charge is 0.495 e. The lowest BCUT2D eigenvalue weighted by Gasteiger charge is -2.19. The summed E-state index contributed by atoms with van der Waals surface area (Å²) in [5.74, 6) is -0.390. The molecule has 0 fully saturated rings.